The van der Waals surface area contributed by atoms with Crippen molar-refractivity contribution in [3.05, 3.63) is 41.1 Å². The van der Waals surface area contributed by atoms with Crippen molar-refractivity contribution in [3.63, 3.8) is 0 Å². The molecule has 1 aromatic carbocycles. The monoisotopic (exact) mass is 398 g/mol. The summed E-state index contributed by atoms with van der Waals surface area (Å²) >= 11 is 0. The van der Waals surface area contributed by atoms with E-state index in [-0.39, 0.29) is 23.6 Å². The van der Waals surface area contributed by atoms with Crippen LogP contribution in [0.3, 0.4) is 0 Å². The number of hydrogen-bond acceptors (Lipinski definition) is 5. The summed E-state index contributed by atoms with van der Waals surface area (Å²) in [6.45, 7) is 1.72. The number of piperidine rings is 1. The van der Waals surface area contributed by atoms with E-state index in [2.05, 4.69) is 27.5 Å². The van der Waals surface area contributed by atoms with Gasteiger partial charge in [-0.25, -0.2) is 9.89 Å². The van der Waals surface area contributed by atoms with E-state index in [0.717, 1.165) is 57.2 Å². The van der Waals surface area contributed by atoms with E-state index in [0.29, 0.717) is 5.92 Å². The molecule has 2 aliphatic rings. The summed E-state index contributed by atoms with van der Waals surface area (Å²) in [5, 5.41) is 18.7. The lowest BCUT2D eigenvalue weighted by atomic mass is 9.82. The maximum absolute atomic E-state index is 12.6. The van der Waals surface area contributed by atoms with Crippen LogP contribution in [0.15, 0.2) is 24.3 Å². The van der Waals surface area contributed by atoms with Crippen molar-refractivity contribution in [2.24, 2.45) is 0 Å². The summed E-state index contributed by atoms with van der Waals surface area (Å²) in [5.41, 5.74) is 1.90. The number of nitrogens with one attached hydrogen (secondary N) is 1. The van der Waals surface area contributed by atoms with Crippen LogP contribution in [0.4, 0.5) is 0 Å². The summed E-state index contributed by atoms with van der Waals surface area (Å²) in [4.78, 5) is 25.7. The zero-order chi connectivity index (χ0) is 20.2. The molecule has 4 rings (SSSR count). The number of aromatic amines is 1. The molecule has 8 heteroatoms. The van der Waals surface area contributed by atoms with E-state index in [1.165, 1.54) is 12.0 Å². The predicted octanol–water partition coefficient (Wildman–Crippen LogP) is 3.23. The smallest absolute Gasteiger partial charge is 0.359 e. The second-order valence-corrected chi connectivity index (χ2v) is 7.86. The van der Waals surface area contributed by atoms with Crippen molar-refractivity contribution in [1.82, 2.24) is 20.3 Å². The quantitative estimate of drug-likeness (QED) is 0.800. The van der Waals surface area contributed by atoms with Gasteiger partial charge in [0.2, 0.25) is 5.69 Å². The number of carbonyl (C=O) groups is 2. The number of H-pyrrole nitrogens is 1. The fourth-order valence-electron chi connectivity index (χ4n) is 4.29. The Morgan fingerprint density at radius 3 is 2.38 bits per heavy atom. The lowest BCUT2D eigenvalue weighted by Gasteiger charge is -2.29. The standard InChI is InChI=1S/C21H26N4O4/c26-20(25-12-2-1-3-13-25)16-6-4-14(5-7-16)15-8-10-17(11-9-15)29-19-18(21(27)28)22-24-23-19/h4-7,15,17H,1-3,8-13H2,(H,27,28)(H,22,23,24)/t15-,17-. The molecule has 2 heterocycles. The van der Waals surface area contributed by atoms with Gasteiger partial charge in [-0.3, -0.25) is 4.79 Å². The van der Waals surface area contributed by atoms with Crippen molar-refractivity contribution in [2.75, 3.05) is 13.1 Å². The molecule has 1 aliphatic carbocycles. The largest absolute Gasteiger partial charge is 0.476 e. The van der Waals surface area contributed by atoms with Gasteiger partial charge in [0.05, 0.1) is 0 Å². The molecule has 154 valence electrons. The van der Waals surface area contributed by atoms with Gasteiger partial charge in [-0.15, -0.1) is 0 Å². The van der Waals surface area contributed by atoms with Gasteiger partial charge in [0.1, 0.15) is 6.10 Å². The minimum absolute atomic E-state index is 0.0570. The minimum atomic E-state index is -1.13. The first kappa shape index (κ1) is 19.4. The molecule has 8 nitrogen and oxygen atoms in total. The highest BCUT2D eigenvalue weighted by Gasteiger charge is 2.27. The highest BCUT2D eigenvalue weighted by Crippen LogP contribution is 2.34. The fourth-order valence-corrected chi connectivity index (χ4v) is 4.29. The molecular formula is C21H26N4O4. The molecule has 2 aromatic rings. The average molecular weight is 398 g/mol. The molecule has 0 atom stereocenters. The van der Waals surface area contributed by atoms with Crippen LogP contribution in [0.1, 0.15) is 77.3 Å². The van der Waals surface area contributed by atoms with Crippen molar-refractivity contribution in [3.8, 4) is 5.88 Å². The van der Waals surface area contributed by atoms with Gasteiger partial charge in [0.15, 0.2) is 0 Å². The van der Waals surface area contributed by atoms with E-state index in [9.17, 15) is 9.59 Å². The SMILES string of the molecule is O=C(O)c1[nH]nnc1O[C@H]1CC[C@H](c2ccc(C(=O)N3CCCCC3)cc2)CC1. The van der Waals surface area contributed by atoms with Crippen LogP contribution in [0.25, 0.3) is 0 Å². The summed E-state index contributed by atoms with van der Waals surface area (Å²) in [5.74, 6) is -0.514. The Morgan fingerprint density at radius 1 is 1.03 bits per heavy atom. The number of aromatic nitrogens is 3. The third kappa shape index (κ3) is 4.41. The number of rotatable bonds is 5. The molecule has 0 radical (unpaired) electrons. The van der Waals surface area contributed by atoms with Crippen molar-refractivity contribution < 1.29 is 19.4 Å². The maximum Gasteiger partial charge on any atom is 0.359 e. The molecule has 0 bridgehead atoms. The summed E-state index contributed by atoms with van der Waals surface area (Å²) in [6, 6.07) is 8.04. The zero-order valence-corrected chi connectivity index (χ0v) is 16.3. The van der Waals surface area contributed by atoms with Crippen LogP contribution in [-0.4, -0.2) is 56.5 Å². The maximum atomic E-state index is 12.6. The Kier molecular flexibility index (Phi) is 5.78. The van der Waals surface area contributed by atoms with Gasteiger partial charge >= 0.3 is 5.97 Å². The van der Waals surface area contributed by atoms with Gasteiger partial charge in [-0.05, 0) is 68.6 Å². The lowest BCUT2D eigenvalue weighted by molar-refractivity contribution is 0.0676. The van der Waals surface area contributed by atoms with Crippen LogP contribution in [0.5, 0.6) is 5.88 Å². The molecule has 0 unspecified atom stereocenters. The lowest BCUT2D eigenvalue weighted by Crippen LogP contribution is -2.35. The second-order valence-electron chi connectivity index (χ2n) is 7.86. The number of benzene rings is 1. The summed E-state index contributed by atoms with van der Waals surface area (Å²) in [7, 11) is 0. The zero-order valence-electron chi connectivity index (χ0n) is 16.3. The van der Waals surface area contributed by atoms with E-state index >= 15 is 0 Å². The molecule has 1 aliphatic heterocycles. The van der Waals surface area contributed by atoms with Crippen molar-refractivity contribution in [2.45, 2.75) is 57.0 Å². The van der Waals surface area contributed by atoms with E-state index in [1.807, 2.05) is 17.0 Å². The molecule has 0 spiro atoms. The Morgan fingerprint density at radius 2 is 1.72 bits per heavy atom. The molecule has 2 N–H and O–H groups in total. The first-order valence-corrected chi connectivity index (χ1v) is 10.3. The van der Waals surface area contributed by atoms with Gasteiger partial charge in [-0.1, -0.05) is 22.4 Å². The van der Waals surface area contributed by atoms with Crippen LogP contribution in [0.2, 0.25) is 0 Å². The van der Waals surface area contributed by atoms with Gasteiger partial charge < -0.3 is 14.7 Å². The van der Waals surface area contributed by atoms with Gasteiger partial charge in [-0.2, -0.15) is 0 Å². The molecule has 1 saturated carbocycles. The Labute approximate surface area is 169 Å². The normalized spacial score (nSPS) is 22.3. The molecule has 2 fully saturated rings. The van der Waals surface area contributed by atoms with Gasteiger partial charge in [0.25, 0.3) is 11.8 Å². The first-order valence-electron chi connectivity index (χ1n) is 10.3. The minimum Gasteiger partial charge on any atom is -0.476 e. The van der Waals surface area contributed by atoms with Crippen LogP contribution in [-0.2, 0) is 0 Å². The highest BCUT2D eigenvalue weighted by molar-refractivity contribution is 5.94. The van der Waals surface area contributed by atoms with Crippen LogP contribution >= 0.6 is 0 Å². The number of carboxylic acids is 1. The number of ether oxygens (including phenoxy) is 1. The molecule has 1 amide bonds. The second kappa shape index (κ2) is 8.63. The number of hydrogen-bond donors (Lipinski definition) is 2. The van der Waals surface area contributed by atoms with Crippen LogP contribution < -0.4 is 4.74 Å². The molecule has 1 aromatic heterocycles. The number of amides is 1. The highest BCUT2D eigenvalue weighted by atomic mass is 16.5. The topological polar surface area (TPSA) is 108 Å². The summed E-state index contributed by atoms with van der Waals surface area (Å²) < 4.78 is 5.75. The van der Waals surface area contributed by atoms with Gasteiger partial charge in [0, 0.05) is 18.7 Å². The van der Waals surface area contributed by atoms with Crippen molar-refractivity contribution >= 4 is 11.9 Å². The molecule has 29 heavy (non-hydrogen) atoms. The third-order valence-electron chi connectivity index (χ3n) is 5.96. The van der Waals surface area contributed by atoms with Crippen LogP contribution in [0, 0.1) is 0 Å². The molecular weight excluding hydrogens is 372 g/mol. The fraction of sp³-hybridized carbons (Fsp3) is 0.524. The Bertz CT molecular complexity index is 850. The Hall–Kier alpha value is -2.90. The van der Waals surface area contributed by atoms with E-state index in [1.54, 1.807) is 0 Å². The number of likely N-dealkylation sites (tertiary alicyclic amines) is 1. The van der Waals surface area contributed by atoms with E-state index in [4.69, 9.17) is 9.84 Å². The summed E-state index contributed by atoms with van der Waals surface area (Å²) in [6.07, 6.45) is 6.89. The number of nitrogens with zero attached hydrogens (tertiary/aromatic N) is 3. The number of carbonyl (C=O) groups excluding carboxylic acids is 1. The number of aromatic carboxylic acids is 1. The Balaban J connectivity index is 1.32. The first-order chi connectivity index (χ1) is 14.1. The average Bonchev–Trinajstić information content (AvgIpc) is 3.23. The number of carboxylic acid groups (broad SMARTS) is 1. The third-order valence-corrected chi connectivity index (χ3v) is 5.96. The van der Waals surface area contributed by atoms with Crippen molar-refractivity contribution in [1.29, 1.82) is 0 Å². The van der Waals surface area contributed by atoms with E-state index < -0.39 is 5.97 Å². The molecule has 1 saturated heterocycles. The predicted molar refractivity (Wildman–Crippen MR) is 105 cm³/mol.